The fraction of sp³-hybridized carbons (Fsp3) is 0.106. The number of halogens is 1. The minimum absolute atomic E-state index is 0.0569. The fourth-order valence-electron chi connectivity index (χ4n) is 17.5. The Bertz CT molecular complexity index is 5990. The van der Waals surface area contributed by atoms with Crippen molar-refractivity contribution in [2.75, 3.05) is 0 Å². The van der Waals surface area contributed by atoms with Crippen LogP contribution in [0.3, 0.4) is 0 Å². The minimum Gasteiger partial charge on any atom is -0.355 e. The van der Waals surface area contributed by atoms with E-state index >= 15 is 0 Å². The molecule has 0 fully saturated rings. The lowest BCUT2D eigenvalue weighted by Crippen LogP contribution is -2.15. The van der Waals surface area contributed by atoms with E-state index < -0.39 is 0 Å². The molecule has 4 heteroatoms. The van der Waals surface area contributed by atoms with Crippen molar-refractivity contribution in [3.63, 3.8) is 0 Å². The van der Waals surface area contributed by atoms with Crippen LogP contribution in [0, 0.1) is 0 Å². The van der Waals surface area contributed by atoms with Crippen LogP contribution in [0.1, 0.15) is 86.1 Å². The maximum Gasteiger partial charge on any atom is 0.0541 e. The fourth-order valence-corrected chi connectivity index (χ4v) is 17.9. The molecule has 0 unspecified atom stereocenters. The Labute approximate surface area is 580 Å². The Morgan fingerprint density at radius 2 is 0.643 bits per heavy atom. The SMILES string of the molecule is CC1(C)c2ccccc2-c2ccc(-n3c4ccccc4c4cc(-c5ccc6c(c5)c5ccccc5n6-c5ccc6c(c5)C(C)(C)c5ccccc5-6)ccc43)cc21.CC1(C)c2ccccc2-c2ccc(Br)cc21.c1ccc2c(c1)Cc1ccc(-c3ccc4[nH]c5ccccc5c4c3)cc1-2. The summed E-state index contributed by atoms with van der Waals surface area (Å²) in [5.41, 5.74) is 37.0. The third kappa shape index (κ3) is 8.79. The van der Waals surface area contributed by atoms with Crippen LogP contribution in [0.25, 0.3) is 144 Å². The van der Waals surface area contributed by atoms with Crippen LogP contribution in [0.15, 0.2) is 302 Å². The van der Waals surface area contributed by atoms with E-state index in [-0.39, 0.29) is 16.2 Å². The molecular weight excluding hydrogens is 1250 g/mol. The average Bonchev–Trinajstić information content (AvgIpc) is 1.58. The van der Waals surface area contributed by atoms with E-state index in [0.717, 1.165) is 10.9 Å². The number of hydrogen-bond acceptors (Lipinski definition) is 0. The Balaban J connectivity index is 0.000000130. The third-order valence-corrected chi connectivity index (χ3v) is 23.0. The topological polar surface area (TPSA) is 25.6 Å². The lowest BCUT2D eigenvalue weighted by Gasteiger charge is -2.22. The molecular formula is C94H70BrN3. The van der Waals surface area contributed by atoms with Gasteiger partial charge in [-0.25, -0.2) is 0 Å². The number of para-hydroxylation sites is 3. The molecule has 14 aromatic carbocycles. The van der Waals surface area contributed by atoms with Gasteiger partial charge < -0.3 is 14.1 Å². The highest BCUT2D eigenvalue weighted by atomic mass is 79.9. The van der Waals surface area contributed by atoms with E-state index in [4.69, 9.17) is 0 Å². The van der Waals surface area contributed by atoms with Crippen molar-refractivity contribution in [1.29, 1.82) is 0 Å². The molecule has 4 aliphatic rings. The van der Waals surface area contributed by atoms with Gasteiger partial charge in [0, 0.05) is 75.4 Å². The van der Waals surface area contributed by atoms with Crippen LogP contribution in [0.5, 0.6) is 0 Å². The molecule has 4 aliphatic carbocycles. The minimum atomic E-state index is -0.0569. The molecule has 0 spiro atoms. The summed E-state index contributed by atoms with van der Waals surface area (Å²) in [6, 6.07) is 110. The van der Waals surface area contributed by atoms with Gasteiger partial charge in [-0.2, -0.15) is 0 Å². The molecule has 3 heterocycles. The normalized spacial score (nSPS) is 14.3. The summed E-state index contributed by atoms with van der Waals surface area (Å²) in [6.07, 6.45) is 1.05. The quantitative estimate of drug-likeness (QED) is 0.182. The smallest absolute Gasteiger partial charge is 0.0541 e. The van der Waals surface area contributed by atoms with E-state index in [0.29, 0.717) is 0 Å². The molecule has 0 radical (unpaired) electrons. The predicted molar refractivity (Wildman–Crippen MR) is 417 cm³/mol. The van der Waals surface area contributed by atoms with Crippen LogP contribution >= 0.6 is 15.9 Å². The molecule has 468 valence electrons. The van der Waals surface area contributed by atoms with Gasteiger partial charge in [0.25, 0.3) is 0 Å². The Morgan fingerprint density at radius 1 is 0.265 bits per heavy atom. The van der Waals surface area contributed by atoms with Crippen molar-refractivity contribution < 1.29 is 0 Å². The second kappa shape index (κ2) is 21.7. The van der Waals surface area contributed by atoms with Gasteiger partial charge >= 0.3 is 0 Å². The maximum atomic E-state index is 3.56. The second-order valence-corrected chi connectivity index (χ2v) is 29.9. The van der Waals surface area contributed by atoms with Crippen LogP contribution < -0.4 is 0 Å². The lowest BCUT2D eigenvalue weighted by atomic mass is 9.82. The van der Waals surface area contributed by atoms with Crippen molar-refractivity contribution >= 4 is 81.3 Å². The maximum absolute atomic E-state index is 3.56. The summed E-state index contributed by atoms with van der Waals surface area (Å²) >= 11 is 3.56. The number of H-pyrrole nitrogens is 1. The van der Waals surface area contributed by atoms with Gasteiger partial charge in [-0.05, 0) is 215 Å². The zero-order chi connectivity index (χ0) is 65.9. The molecule has 17 aromatic rings. The predicted octanol–water partition coefficient (Wildman–Crippen LogP) is 25.5. The van der Waals surface area contributed by atoms with Crippen LogP contribution in [0.4, 0.5) is 0 Å². The van der Waals surface area contributed by atoms with E-state index in [1.807, 2.05) is 0 Å². The molecule has 0 amide bonds. The van der Waals surface area contributed by atoms with Gasteiger partial charge in [0.05, 0.1) is 22.1 Å². The number of aromatic nitrogens is 3. The van der Waals surface area contributed by atoms with Crippen molar-refractivity contribution in [2.24, 2.45) is 0 Å². The summed E-state index contributed by atoms with van der Waals surface area (Å²) in [5, 5.41) is 7.66. The molecule has 1 N–H and O–H groups in total. The first-order chi connectivity index (χ1) is 47.8. The highest BCUT2D eigenvalue weighted by Crippen LogP contribution is 2.53. The van der Waals surface area contributed by atoms with Gasteiger partial charge in [-0.15, -0.1) is 0 Å². The first-order valence-electron chi connectivity index (χ1n) is 34.4. The first kappa shape index (κ1) is 58.3. The number of rotatable bonds is 4. The summed E-state index contributed by atoms with van der Waals surface area (Å²) in [5.74, 6) is 0. The van der Waals surface area contributed by atoms with Crippen molar-refractivity contribution in [2.45, 2.75) is 64.2 Å². The summed E-state index contributed by atoms with van der Waals surface area (Å²) in [6.45, 7) is 14.0. The Hall–Kier alpha value is -11.0. The molecule has 0 saturated heterocycles. The van der Waals surface area contributed by atoms with Gasteiger partial charge in [-0.1, -0.05) is 258 Å². The van der Waals surface area contributed by atoms with Crippen molar-refractivity contribution in [3.05, 3.63) is 346 Å². The van der Waals surface area contributed by atoms with E-state index in [9.17, 15) is 0 Å². The van der Waals surface area contributed by atoms with Gasteiger partial charge in [0.15, 0.2) is 0 Å². The highest BCUT2D eigenvalue weighted by Gasteiger charge is 2.38. The number of nitrogens with one attached hydrogen (secondary N) is 1. The number of hydrogen-bond donors (Lipinski definition) is 1. The summed E-state index contributed by atoms with van der Waals surface area (Å²) in [7, 11) is 0. The Kier molecular flexibility index (Phi) is 12.9. The molecule has 0 saturated carbocycles. The molecule has 0 bridgehead atoms. The van der Waals surface area contributed by atoms with E-state index in [1.165, 1.54) is 188 Å². The zero-order valence-electron chi connectivity index (χ0n) is 55.8. The lowest BCUT2D eigenvalue weighted by molar-refractivity contribution is 0.660. The van der Waals surface area contributed by atoms with Gasteiger partial charge in [0.2, 0.25) is 0 Å². The second-order valence-electron chi connectivity index (χ2n) is 29.0. The van der Waals surface area contributed by atoms with Crippen LogP contribution in [0.2, 0.25) is 0 Å². The average molecular weight is 1320 g/mol. The molecule has 0 atom stereocenters. The monoisotopic (exact) mass is 1320 g/mol. The van der Waals surface area contributed by atoms with Crippen LogP contribution in [-0.2, 0) is 22.7 Å². The van der Waals surface area contributed by atoms with E-state index in [1.54, 1.807) is 0 Å². The summed E-state index contributed by atoms with van der Waals surface area (Å²) in [4.78, 5) is 3.51. The summed E-state index contributed by atoms with van der Waals surface area (Å²) < 4.78 is 6.08. The van der Waals surface area contributed by atoms with Gasteiger partial charge in [0.1, 0.15) is 0 Å². The van der Waals surface area contributed by atoms with Crippen LogP contribution in [-0.4, -0.2) is 14.1 Å². The molecule has 98 heavy (non-hydrogen) atoms. The first-order valence-corrected chi connectivity index (χ1v) is 35.2. The van der Waals surface area contributed by atoms with E-state index in [2.05, 4.69) is 369 Å². The number of benzene rings is 14. The highest BCUT2D eigenvalue weighted by molar-refractivity contribution is 9.10. The molecule has 0 aliphatic heterocycles. The number of fused-ring (bicyclic) bond motifs is 21. The standard InChI is InChI=1S/C54H40N2.C25H17N.C15H13Br/c1-53(2)45-17-9-5-13-37(45)39-25-23-35(31-47(39)53)55-49-19-11-7-15-41(49)43-29-33(21-27-51(43)55)34-22-28-52-44(30-34)42-16-8-12-20-50(42)56(52)36-24-26-40-38-14-6-10-18-46(38)54(3,4)48(40)32-36;1-2-6-20-18(5-1)13-19-10-9-16(14-22(19)20)17-11-12-25-23(15-17)21-7-3-4-8-24(21)26-25;1-15(2)13-6-4-3-5-11(13)12-8-7-10(16)9-14(12)15/h5-32H,1-4H3;1-12,14-15,26H,13H2;3-9H,1-2H3. The third-order valence-electron chi connectivity index (χ3n) is 22.5. The number of nitrogens with zero attached hydrogens (tertiary/aromatic N) is 2. The number of aromatic amines is 1. The molecule has 21 rings (SSSR count). The zero-order valence-corrected chi connectivity index (χ0v) is 57.4. The molecule has 3 nitrogen and oxygen atoms in total. The van der Waals surface area contributed by atoms with Crippen molar-refractivity contribution in [3.8, 4) is 78.1 Å². The molecule has 3 aromatic heterocycles. The van der Waals surface area contributed by atoms with Gasteiger partial charge in [-0.3, -0.25) is 0 Å². The Morgan fingerprint density at radius 3 is 1.19 bits per heavy atom. The van der Waals surface area contributed by atoms with Crippen molar-refractivity contribution in [1.82, 2.24) is 14.1 Å². The largest absolute Gasteiger partial charge is 0.355 e.